The number of pyridine rings is 1. The molecule has 0 atom stereocenters. The van der Waals surface area contributed by atoms with E-state index in [0.29, 0.717) is 0 Å². The SMILES string of the molecule is CN=C(NCc1ccnc(N2CCCCC2)c1)NCc1ccc(C)cc1SC. The largest absolute Gasteiger partial charge is 0.357 e. The van der Waals surface area contributed by atoms with Gasteiger partial charge in [0.05, 0.1) is 0 Å². The number of anilines is 1. The molecule has 1 aromatic heterocycles. The molecule has 2 N–H and O–H groups in total. The van der Waals surface area contributed by atoms with Gasteiger partial charge in [0, 0.05) is 44.3 Å². The number of nitrogens with one attached hydrogen (secondary N) is 2. The molecule has 5 nitrogen and oxygen atoms in total. The van der Waals surface area contributed by atoms with Crippen molar-refractivity contribution in [2.24, 2.45) is 4.99 Å². The minimum Gasteiger partial charge on any atom is -0.357 e. The number of aliphatic imine (C=N–C) groups is 1. The van der Waals surface area contributed by atoms with E-state index in [1.54, 1.807) is 11.8 Å². The molecule has 1 aliphatic heterocycles. The third kappa shape index (κ3) is 5.64. The maximum absolute atomic E-state index is 4.56. The van der Waals surface area contributed by atoms with Gasteiger partial charge in [-0.25, -0.2) is 4.98 Å². The van der Waals surface area contributed by atoms with Crippen molar-refractivity contribution >= 4 is 23.5 Å². The van der Waals surface area contributed by atoms with E-state index in [0.717, 1.165) is 38.0 Å². The first kappa shape index (κ1) is 20.5. The van der Waals surface area contributed by atoms with E-state index in [-0.39, 0.29) is 0 Å². The number of nitrogens with zero attached hydrogens (tertiary/aromatic N) is 3. The Morgan fingerprint density at radius 1 is 1.11 bits per heavy atom. The quantitative estimate of drug-likeness (QED) is 0.439. The molecular weight excluding hydrogens is 366 g/mol. The van der Waals surface area contributed by atoms with Crippen LogP contribution in [0.4, 0.5) is 5.82 Å². The molecule has 150 valence electrons. The highest BCUT2D eigenvalue weighted by molar-refractivity contribution is 7.98. The summed E-state index contributed by atoms with van der Waals surface area (Å²) in [6, 6.07) is 10.8. The van der Waals surface area contributed by atoms with Gasteiger partial charge in [-0.3, -0.25) is 4.99 Å². The molecule has 0 unspecified atom stereocenters. The van der Waals surface area contributed by atoms with Gasteiger partial charge in [0.15, 0.2) is 5.96 Å². The Hall–Kier alpha value is -2.21. The van der Waals surface area contributed by atoms with Crippen LogP contribution in [0.25, 0.3) is 0 Å². The number of hydrogen-bond acceptors (Lipinski definition) is 4. The molecule has 6 heteroatoms. The lowest BCUT2D eigenvalue weighted by atomic mass is 10.1. The second kappa shape index (κ2) is 10.4. The van der Waals surface area contributed by atoms with Crippen molar-refractivity contribution in [2.75, 3.05) is 31.3 Å². The predicted molar refractivity (Wildman–Crippen MR) is 120 cm³/mol. The van der Waals surface area contributed by atoms with Crippen LogP contribution < -0.4 is 15.5 Å². The number of rotatable bonds is 6. The summed E-state index contributed by atoms with van der Waals surface area (Å²) in [5.41, 5.74) is 3.80. The van der Waals surface area contributed by atoms with Crippen LogP contribution in [0.5, 0.6) is 0 Å². The van der Waals surface area contributed by atoms with E-state index < -0.39 is 0 Å². The van der Waals surface area contributed by atoms with Crippen LogP contribution in [-0.2, 0) is 13.1 Å². The normalized spacial score (nSPS) is 14.8. The molecule has 2 aromatic rings. The van der Waals surface area contributed by atoms with E-state index in [1.165, 1.54) is 40.8 Å². The van der Waals surface area contributed by atoms with Crippen LogP contribution in [0.15, 0.2) is 46.4 Å². The number of piperidine rings is 1. The first-order chi connectivity index (χ1) is 13.7. The lowest BCUT2D eigenvalue weighted by Gasteiger charge is -2.28. The molecular formula is C22H31N5S. The molecule has 28 heavy (non-hydrogen) atoms. The average Bonchev–Trinajstić information content (AvgIpc) is 2.75. The van der Waals surface area contributed by atoms with Crippen molar-refractivity contribution in [3.05, 3.63) is 53.2 Å². The van der Waals surface area contributed by atoms with E-state index in [9.17, 15) is 0 Å². The molecule has 1 saturated heterocycles. The summed E-state index contributed by atoms with van der Waals surface area (Å²) < 4.78 is 0. The highest BCUT2D eigenvalue weighted by Crippen LogP contribution is 2.21. The van der Waals surface area contributed by atoms with Gasteiger partial charge in [0.1, 0.15) is 5.82 Å². The maximum Gasteiger partial charge on any atom is 0.191 e. The molecule has 1 aromatic carbocycles. The van der Waals surface area contributed by atoms with Crippen LogP contribution in [0, 0.1) is 6.92 Å². The molecule has 1 fully saturated rings. The van der Waals surface area contributed by atoms with Crippen molar-refractivity contribution in [3.8, 4) is 0 Å². The summed E-state index contributed by atoms with van der Waals surface area (Å²) in [4.78, 5) is 12.6. The second-order valence-corrected chi connectivity index (χ2v) is 8.01. The molecule has 0 radical (unpaired) electrons. The third-order valence-electron chi connectivity index (χ3n) is 5.06. The number of aromatic nitrogens is 1. The highest BCUT2D eigenvalue weighted by Gasteiger charge is 2.12. The highest BCUT2D eigenvalue weighted by atomic mass is 32.2. The van der Waals surface area contributed by atoms with Gasteiger partial charge in [0.25, 0.3) is 0 Å². The zero-order valence-electron chi connectivity index (χ0n) is 17.2. The fraction of sp³-hybridized carbons (Fsp3) is 0.455. The van der Waals surface area contributed by atoms with E-state index in [2.05, 4.69) is 69.0 Å². The van der Waals surface area contributed by atoms with E-state index in [4.69, 9.17) is 0 Å². The van der Waals surface area contributed by atoms with Gasteiger partial charge < -0.3 is 15.5 Å². The third-order valence-corrected chi connectivity index (χ3v) is 5.88. The Morgan fingerprint density at radius 3 is 2.64 bits per heavy atom. The van der Waals surface area contributed by atoms with Crippen LogP contribution >= 0.6 is 11.8 Å². The Labute approximate surface area is 173 Å². The minimum atomic E-state index is 0.728. The first-order valence-electron chi connectivity index (χ1n) is 9.97. The summed E-state index contributed by atoms with van der Waals surface area (Å²) in [5.74, 6) is 1.90. The molecule has 0 spiro atoms. The molecule has 0 amide bonds. The molecule has 2 heterocycles. The van der Waals surface area contributed by atoms with Crippen LogP contribution in [-0.4, -0.2) is 37.3 Å². The fourth-order valence-electron chi connectivity index (χ4n) is 3.45. The van der Waals surface area contributed by atoms with Gasteiger partial charge in [-0.05, 0) is 67.3 Å². The Morgan fingerprint density at radius 2 is 1.89 bits per heavy atom. The van der Waals surface area contributed by atoms with Crippen LogP contribution in [0.3, 0.4) is 0 Å². The summed E-state index contributed by atoms with van der Waals surface area (Å²) >= 11 is 1.78. The average molecular weight is 398 g/mol. The van der Waals surface area contributed by atoms with Gasteiger partial charge in [-0.1, -0.05) is 12.1 Å². The van der Waals surface area contributed by atoms with E-state index >= 15 is 0 Å². The van der Waals surface area contributed by atoms with E-state index in [1.807, 2.05) is 13.2 Å². The topological polar surface area (TPSA) is 52.6 Å². The van der Waals surface area contributed by atoms with Crippen molar-refractivity contribution in [1.29, 1.82) is 0 Å². The summed E-state index contributed by atoms with van der Waals surface area (Å²) in [6.45, 7) is 5.84. The number of thioether (sulfide) groups is 1. The summed E-state index contributed by atoms with van der Waals surface area (Å²) in [5, 5.41) is 6.85. The van der Waals surface area contributed by atoms with Gasteiger partial charge >= 0.3 is 0 Å². The molecule has 3 rings (SSSR count). The second-order valence-electron chi connectivity index (χ2n) is 7.16. The molecule has 0 aliphatic carbocycles. The predicted octanol–water partition coefficient (Wildman–Crippen LogP) is 3.97. The first-order valence-corrected chi connectivity index (χ1v) is 11.2. The molecule has 0 saturated carbocycles. The van der Waals surface area contributed by atoms with Crippen LogP contribution in [0.2, 0.25) is 0 Å². The minimum absolute atomic E-state index is 0.728. The number of aryl methyl sites for hydroxylation is 1. The van der Waals surface area contributed by atoms with Gasteiger partial charge in [-0.2, -0.15) is 0 Å². The van der Waals surface area contributed by atoms with Crippen molar-refractivity contribution < 1.29 is 0 Å². The Bertz CT molecular complexity index is 799. The van der Waals surface area contributed by atoms with Gasteiger partial charge in [0.2, 0.25) is 0 Å². The van der Waals surface area contributed by atoms with Gasteiger partial charge in [-0.15, -0.1) is 11.8 Å². The van der Waals surface area contributed by atoms with Crippen LogP contribution in [0.1, 0.15) is 36.0 Å². The van der Waals surface area contributed by atoms with Crippen molar-refractivity contribution in [2.45, 2.75) is 44.2 Å². The lowest BCUT2D eigenvalue weighted by molar-refractivity contribution is 0.573. The van der Waals surface area contributed by atoms with Crippen molar-refractivity contribution in [1.82, 2.24) is 15.6 Å². The number of hydrogen-bond donors (Lipinski definition) is 2. The maximum atomic E-state index is 4.56. The monoisotopic (exact) mass is 397 g/mol. The van der Waals surface area contributed by atoms with Crippen molar-refractivity contribution in [3.63, 3.8) is 0 Å². The molecule has 1 aliphatic rings. The Balaban J connectivity index is 1.56. The molecule has 0 bridgehead atoms. The number of benzene rings is 1. The standard InChI is InChI=1S/C22H31N5S/c1-17-7-8-19(20(13-17)28-3)16-26-22(23-2)25-15-18-9-10-24-21(14-18)27-11-5-4-6-12-27/h7-10,13-14H,4-6,11-12,15-16H2,1-3H3,(H2,23,25,26). The summed E-state index contributed by atoms with van der Waals surface area (Å²) in [7, 11) is 1.81. The number of guanidine groups is 1. The fourth-order valence-corrected chi connectivity index (χ4v) is 4.16. The Kier molecular flexibility index (Phi) is 7.60. The summed E-state index contributed by atoms with van der Waals surface area (Å²) in [6.07, 6.45) is 7.89. The lowest BCUT2D eigenvalue weighted by Crippen LogP contribution is -2.36. The smallest absolute Gasteiger partial charge is 0.191 e. The zero-order valence-corrected chi connectivity index (χ0v) is 18.0. The zero-order chi connectivity index (χ0) is 19.8.